The lowest BCUT2D eigenvalue weighted by atomic mass is 10.1. The van der Waals surface area contributed by atoms with Crippen LogP contribution in [0.2, 0.25) is 0 Å². The fourth-order valence-corrected chi connectivity index (χ4v) is 2.32. The predicted molar refractivity (Wildman–Crippen MR) is 87.2 cm³/mol. The molecule has 0 aliphatic rings. The third-order valence-corrected chi connectivity index (χ3v) is 3.48. The molecule has 0 saturated heterocycles. The summed E-state index contributed by atoms with van der Waals surface area (Å²) in [7, 11) is 1.51. The molecule has 0 bridgehead atoms. The standard InChI is InChI=1S/C18H14F2N2O3/c1-24-16-5-3-2-4-15(16)21-18(23)10-12-9-17(25-22-12)13-7-6-11(19)8-14(13)20/h2-9H,10H2,1H3,(H,21,23). The maximum Gasteiger partial charge on any atom is 0.230 e. The summed E-state index contributed by atoms with van der Waals surface area (Å²) in [5, 5.41) is 6.46. The van der Waals surface area contributed by atoms with Gasteiger partial charge in [0.05, 0.1) is 30.5 Å². The second-order valence-corrected chi connectivity index (χ2v) is 5.23. The van der Waals surface area contributed by atoms with Crippen LogP contribution in [0, 0.1) is 11.6 Å². The average Bonchev–Trinajstić information content (AvgIpc) is 3.03. The zero-order valence-corrected chi connectivity index (χ0v) is 13.3. The molecule has 1 amide bonds. The van der Waals surface area contributed by atoms with Gasteiger partial charge in [0.1, 0.15) is 17.4 Å². The van der Waals surface area contributed by atoms with Crippen molar-refractivity contribution in [1.82, 2.24) is 5.16 Å². The number of benzene rings is 2. The molecule has 25 heavy (non-hydrogen) atoms. The summed E-state index contributed by atoms with van der Waals surface area (Å²) in [6.07, 6.45) is -0.0651. The van der Waals surface area contributed by atoms with Crippen LogP contribution in [-0.2, 0) is 11.2 Å². The third-order valence-electron chi connectivity index (χ3n) is 3.48. The van der Waals surface area contributed by atoms with E-state index in [2.05, 4.69) is 10.5 Å². The number of hydrogen-bond donors (Lipinski definition) is 1. The molecule has 3 aromatic rings. The summed E-state index contributed by atoms with van der Waals surface area (Å²) >= 11 is 0. The van der Waals surface area contributed by atoms with Crippen molar-refractivity contribution in [3.8, 4) is 17.1 Å². The lowest BCUT2D eigenvalue weighted by molar-refractivity contribution is -0.115. The van der Waals surface area contributed by atoms with E-state index in [0.29, 0.717) is 17.1 Å². The van der Waals surface area contributed by atoms with Crippen LogP contribution in [0.5, 0.6) is 5.75 Å². The van der Waals surface area contributed by atoms with E-state index in [-0.39, 0.29) is 23.7 Å². The molecule has 0 aliphatic carbocycles. The second-order valence-electron chi connectivity index (χ2n) is 5.23. The number of hydrogen-bond acceptors (Lipinski definition) is 4. The molecule has 5 nitrogen and oxygen atoms in total. The van der Waals surface area contributed by atoms with E-state index in [9.17, 15) is 13.6 Å². The van der Waals surface area contributed by atoms with Gasteiger partial charge in [0, 0.05) is 12.1 Å². The van der Waals surface area contributed by atoms with Crippen molar-refractivity contribution < 1.29 is 22.8 Å². The Hall–Kier alpha value is -3.22. The largest absolute Gasteiger partial charge is 0.495 e. The van der Waals surface area contributed by atoms with Crippen LogP contribution in [-0.4, -0.2) is 18.2 Å². The van der Waals surface area contributed by atoms with Crippen molar-refractivity contribution in [1.29, 1.82) is 0 Å². The highest BCUT2D eigenvalue weighted by molar-refractivity contribution is 5.93. The van der Waals surface area contributed by atoms with E-state index >= 15 is 0 Å². The number of amides is 1. The van der Waals surface area contributed by atoms with E-state index in [4.69, 9.17) is 9.26 Å². The monoisotopic (exact) mass is 344 g/mol. The minimum atomic E-state index is -0.763. The van der Waals surface area contributed by atoms with Crippen molar-refractivity contribution in [3.05, 3.63) is 65.9 Å². The van der Waals surface area contributed by atoms with E-state index in [1.54, 1.807) is 24.3 Å². The Balaban J connectivity index is 1.72. The molecule has 0 aliphatic heterocycles. The van der Waals surface area contributed by atoms with Crippen LogP contribution in [0.25, 0.3) is 11.3 Å². The first-order chi connectivity index (χ1) is 12.1. The Bertz CT molecular complexity index is 909. The van der Waals surface area contributed by atoms with E-state index in [1.807, 2.05) is 0 Å². The Morgan fingerprint density at radius 1 is 1.20 bits per heavy atom. The number of para-hydroxylation sites is 2. The van der Waals surface area contributed by atoms with Crippen LogP contribution in [0.1, 0.15) is 5.69 Å². The molecule has 0 fully saturated rings. The molecule has 128 valence electrons. The molecular formula is C18H14F2N2O3. The summed E-state index contributed by atoms with van der Waals surface area (Å²) in [5.74, 6) is -1.12. The van der Waals surface area contributed by atoms with Gasteiger partial charge in [-0.3, -0.25) is 4.79 Å². The first kappa shape index (κ1) is 16.6. The zero-order valence-electron chi connectivity index (χ0n) is 13.3. The average molecular weight is 344 g/mol. The van der Waals surface area contributed by atoms with Crippen LogP contribution in [0.3, 0.4) is 0 Å². The Labute approximate surface area is 142 Å². The number of rotatable bonds is 5. The smallest absolute Gasteiger partial charge is 0.230 e. The molecule has 0 atom stereocenters. The van der Waals surface area contributed by atoms with Gasteiger partial charge >= 0.3 is 0 Å². The summed E-state index contributed by atoms with van der Waals surface area (Å²) in [5.41, 5.74) is 0.930. The van der Waals surface area contributed by atoms with Gasteiger partial charge in [0.25, 0.3) is 0 Å². The summed E-state index contributed by atoms with van der Waals surface area (Å²) in [6, 6.07) is 11.6. The molecule has 0 spiro atoms. The lowest BCUT2D eigenvalue weighted by Gasteiger charge is -2.08. The Kier molecular flexibility index (Phi) is 4.74. The van der Waals surface area contributed by atoms with Crippen LogP contribution >= 0.6 is 0 Å². The van der Waals surface area contributed by atoms with Crippen molar-refractivity contribution in [2.24, 2.45) is 0 Å². The molecule has 7 heteroatoms. The fourth-order valence-electron chi connectivity index (χ4n) is 2.32. The maximum atomic E-state index is 13.8. The molecule has 0 unspecified atom stereocenters. The van der Waals surface area contributed by atoms with Crippen LogP contribution < -0.4 is 10.1 Å². The van der Waals surface area contributed by atoms with Gasteiger partial charge in [-0.25, -0.2) is 8.78 Å². The quantitative estimate of drug-likeness (QED) is 0.764. The van der Waals surface area contributed by atoms with Crippen molar-refractivity contribution >= 4 is 11.6 Å². The van der Waals surface area contributed by atoms with Crippen molar-refractivity contribution in [2.75, 3.05) is 12.4 Å². The minimum Gasteiger partial charge on any atom is -0.495 e. The molecule has 0 saturated carbocycles. The number of anilines is 1. The van der Waals surface area contributed by atoms with E-state index in [1.165, 1.54) is 19.2 Å². The summed E-state index contributed by atoms with van der Waals surface area (Å²) in [6.45, 7) is 0. The van der Waals surface area contributed by atoms with Crippen molar-refractivity contribution in [3.63, 3.8) is 0 Å². The second kappa shape index (κ2) is 7.12. The number of nitrogens with one attached hydrogen (secondary N) is 1. The first-order valence-corrected chi connectivity index (χ1v) is 7.40. The Morgan fingerprint density at radius 2 is 2.00 bits per heavy atom. The van der Waals surface area contributed by atoms with E-state index < -0.39 is 11.6 Å². The molecule has 2 aromatic carbocycles. The molecular weight excluding hydrogens is 330 g/mol. The number of carbonyl (C=O) groups is 1. The summed E-state index contributed by atoms with van der Waals surface area (Å²) < 4.78 is 36.9. The molecule has 3 rings (SSSR count). The van der Waals surface area contributed by atoms with Gasteiger partial charge in [0.15, 0.2) is 5.76 Å². The van der Waals surface area contributed by atoms with Gasteiger partial charge in [-0.2, -0.15) is 0 Å². The topological polar surface area (TPSA) is 64.4 Å². The number of methoxy groups -OCH3 is 1. The van der Waals surface area contributed by atoms with E-state index in [0.717, 1.165) is 12.1 Å². The molecule has 1 heterocycles. The highest BCUT2D eigenvalue weighted by Gasteiger charge is 2.15. The van der Waals surface area contributed by atoms with Gasteiger partial charge in [0.2, 0.25) is 5.91 Å². The fraction of sp³-hybridized carbons (Fsp3) is 0.111. The molecule has 0 radical (unpaired) electrons. The first-order valence-electron chi connectivity index (χ1n) is 7.40. The van der Waals surface area contributed by atoms with Gasteiger partial charge in [-0.15, -0.1) is 0 Å². The number of nitrogens with zero attached hydrogens (tertiary/aromatic N) is 1. The van der Waals surface area contributed by atoms with Gasteiger partial charge in [-0.1, -0.05) is 17.3 Å². The number of ether oxygens (including phenoxy) is 1. The lowest BCUT2D eigenvalue weighted by Crippen LogP contribution is -2.15. The van der Waals surface area contributed by atoms with Crippen molar-refractivity contribution in [2.45, 2.75) is 6.42 Å². The van der Waals surface area contributed by atoms with Crippen LogP contribution in [0.15, 0.2) is 53.1 Å². The molecule has 1 N–H and O–H groups in total. The third kappa shape index (κ3) is 3.82. The molecule has 1 aromatic heterocycles. The number of halogens is 2. The highest BCUT2D eigenvalue weighted by atomic mass is 19.1. The number of carbonyl (C=O) groups excluding carboxylic acids is 1. The highest BCUT2D eigenvalue weighted by Crippen LogP contribution is 2.25. The Morgan fingerprint density at radius 3 is 2.76 bits per heavy atom. The number of aromatic nitrogens is 1. The van der Waals surface area contributed by atoms with Gasteiger partial charge < -0.3 is 14.6 Å². The predicted octanol–water partition coefficient (Wildman–Crippen LogP) is 3.81. The van der Waals surface area contributed by atoms with Gasteiger partial charge in [-0.05, 0) is 24.3 Å². The normalized spacial score (nSPS) is 10.5. The summed E-state index contributed by atoms with van der Waals surface area (Å²) in [4.78, 5) is 12.1. The zero-order chi connectivity index (χ0) is 17.8. The van der Waals surface area contributed by atoms with Crippen LogP contribution in [0.4, 0.5) is 14.5 Å². The SMILES string of the molecule is COc1ccccc1NC(=O)Cc1cc(-c2ccc(F)cc2F)on1. The maximum absolute atomic E-state index is 13.8. The minimum absolute atomic E-state index is 0.0651.